The summed E-state index contributed by atoms with van der Waals surface area (Å²) in [4.78, 5) is 9.63. The quantitative estimate of drug-likeness (QED) is 0.247. The number of carbonyl (C=O) groups excluding carboxylic acids is 1. The van der Waals surface area contributed by atoms with Crippen LogP contribution in [-0.2, 0) is 4.79 Å². The van der Waals surface area contributed by atoms with Crippen LogP contribution in [0, 0.1) is 0 Å². The molecule has 2 heteroatoms. The first kappa shape index (κ1) is 10.9. The van der Waals surface area contributed by atoms with Crippen LogP contribution in [-0.4, -0.2) is 6.29 Å². The van der Waals surface area contributed by atoms with E-state index in [-0.39, 0.29) is 20.3 Å². The van der Waals surface area contributed by atoms with E-state index in [1.807, 2.05) is 19.1 Å². The summed E-state index contributed by atoms with van der Waals surface area (Å²) in [6.45, 7) is 2.04. The predicted octanol–water partition coefficient (Wildman–Crippen LogP) is -1.34. The molecule has 0 saturated carbocycles. The first-order valence-corrected chi connectivity index (χ1v) is 2.50. The molecule has 0 amide bonds. The number of hydrogen-bond donors (Lipinski definition) is 0. The van der Waals surface area contributed by atoms with E-state index in [9.17, 15) is 4.79 Å². The van der Waals surface area contributed by atoms with Crippen molar-refractivity contribution in [3.8, 4) is 0 Å². The van der Waals surface area contributed by atoms with E-state index < -0.39 is 0 Å². The molecule has 0 atom stereocenters. The molecule has 8 heavy (non-hydrogen) atoms. The van der Waals surface area contributed by atoms with Crippen LogP contribution in [0.15, 0.2) is 12.2 Å². The molecule has 0 aliphatic heterocycles. The van der Waals surface area contributed by atoms with Crippen molar-refractivity contribution < 1.29 is 25.1 Å². The van der Waals surface area contributed by atoms with E-state index in [0.29, 0.717) is 6.42 Å². The van der Waals surface area contributed by atoms with Crippen molar-refractivity contribution in [2.75, 3.05) is 0 Å². The van der Waals surface area contributed by atoms with Crippen molar-refractivity contribution in [3.05, 3.63) is 12.2 Å². The third-order valence-corrected chi connectivity index (χ3v) is 0.635. The minimum Gasteiger partial charge on any atom is -1.00 e. The standard InChI is InChI=1S/C6H10O.Li.H/c1-2-3-4-5-6-7;;/h3-4,6H,2,5H2,1H3;;/q;+1;-1. The summed E-state index contributed by atoms with van der Waals surface area (Å²) in [5.41, 5.74) is 0. The minimum atomic E-state index is 0. The van der Waals surface area contributed by atoms with Crippen LogP contribution >= 0.6 is 0 Å². The zero-order valence-corrected chi connectivity index (χ0v) is 5.55. The minimum absolute atomic E-state index is 0. The van der Waals surface area contributed by atoms with Gasteiger partial charge in [0, 0.05) is 6.42 Å². The van der Waals surface area contributed by atoms with Crippen LogP contribution in [0.3, 0.4) is 0 Å². The van der Waals surface area contributed by atoms with Crippen LogP contribution in [0.25, 0.3) is 0 Å². The molecule has 0 radical (unpaired) electrons. The molecule has 1 nitrogen and oxygen atoms in total. The van der Waals surface area contributed by atoms with Gasteiger partial charge in [-0.15, -0.1) is 0 Å². The number of aldehydes is 1. The van der Waals surface area contributed by atoms with Crippen molar-refractivity contribution in [1.29, 1.82) is 0 Å². The molecule has 0 saturated heterocycles. The molecule has 0 aliphatic carbocycles. The van der Waals surface area contributed by atoms with Crippen molar-refractivity contribution >= 4 is 6.29 Å². The average Bonchev–Trinajstić information content (AvgIpc) is 1.69. The van der Waals surface area contributed by atoms with Crippen LogP contribution < -0.4 is 18.9 Å². The zero-order chi connectivity index (χ0) is 5.54. The zero-order valence-electron chi connectivity index (χ0n) is 6.55. The first-order valence-electron chi connectivity index (χ1n) is 2.50. The van der Waals surface area contributed by atoms with Gasteiger partial charge in [-0.2, -0.15) is 0 Å². The molecule has 0 bridgehead atoms. The number of carbonyl (C=O) groups is 1. The maximum Gasteiger partial charge on any atom is 1.00 e. The molecular formula is C6H11LiO. The topological polar surface area (TPSA) is 17.1 Å². The van der Waals surface area contributed by atoms with Gasteiger partial charge in [-0.3, -0.25) is 0 Å². The third-order valence-electron chi connectivity index (χ3n) is 0.635. The van der Waals surface area contributed by atoms with Crippen LogP contribution in [0.2, 0.25) is 0 Å². The molecule has 0 rings (SSSR count). The number of hydrogen-bond acceptors (Lipinski definition) is 1. The van der Waals surface area contributed by atoms with Gasteiger partial charge in [-0.05, 0) is 6.42 Å². The predicted molar refractivity (Wildman–Crippen MR) is 31.2 cm³/mol. The summed E-state index contributed by atoms with van der Waals surface area (Å²) >= 11 is 0. The first-order chi connectivity index (χ1) is 3.41. The molecule has 0 aromatic heterocycles. The summed E-state index contributed by atoms with van der Waals surface area (Å²) in [5.74, 6) is 0. The molecular weight excluding hydrogens is 95.0 g/mol. The van der Waals surface area contributed by atoms with Crippen LogP contribution in [0.4, 0.5) is 0 Å². The molecule has 0 aliphatic rings. The van der Waals surface area contributed by atoms with E-state index in [1.54, 1.807) is 0 Å². The largest absolute Gasteiger partial charge is 1.00 e. The Balaban J connectivity index is -0.000000180. The van der Waals surface area contributed by atoms with Gasteiger partial charge >= 0.3 is 18.9 Å². The van der Waals surface area contributed by atoms with Crippen molar-refractivity contribution in [1.82, 2.24) is 0 Å². The molecule has 0 fully saturated rings. The van der Waals surface area contributed by atoms with Gasteiger partial charge in [-0.1, -0.05) is 19.1 Å². The average molecular weight is 106 g/mol. The Labute approximate surface area is 63.8 Å². The maximum absolute atomic E-state index is 9.63. The van der Waals surface area contributed by atoms with Gasteiger partial charge in [0.25, 0.3) is 0 Å². The van der Waals surface area contributed by atoms with Crippen LogP contribution in [0.5, 0.6) is 0 Å². The van der Waals surface area contributed by atoms with E-state index in [1.165, 1.54) is 0 Å². The molecule has 0 aromatic carbocycles. The molecule has 42 valence electrons. The second-order valence-electron chi connectivity index (χ2n) is 1.28. The number of allylic oxidation sites excluding steroid dienone is 2. The molecule has 0 spiro atoms. The van der Waals surface area contributed by atoms with Gasteiger partial charge in [0.05, 0.1) is 0 Å². The number of rotatable bonds is 3. The SMILES string of the molecule is CCC=CCC=O.[H-].[Li+]. The van der Waals surface area contributed by atoms with Crippen molar-refractivity contribution in [2.45, 2.75) is 19.8 Å². The smallest absolute Gasteiger partial charge is 1.00 e. The molecule has 0 aromatic rings. The van der Waals surface area contributed by atoms with Crippen molar-refractivity contribution in [3.63, 3.8) is 0 Å². The Bertz CT molecular complexity index is 73.5. The van der Waals surface area contributed by atoms with Crippen LogP contribution in [0.1, 0.15) is 21.2 Å². The fourth-order valence-electron chi connectivity index (χ4n) is 0.318. The second-order valence-corrected chi connectivity index (χ2v) is 1.28. The Morgan fingerprint density at radius 2 is 2.12 bits per heavy atom. The maximum atomic E-state index is 9.63. The Kier molecular flexibility index (Phi) is 13.7. The Morgan fingerprint density at radius 1 is 1.50 bits per heavy atom. The van der Waals surface area contributed by atoms with E-state index in [4.69, 9.17) is 0 Å². The van der Waals surface area contributed by atoms with E-state index in [0.717, 1.165) is 12.7 Å². The summed E-state index contributed by atoms with van der Waals surface area (Å²) in [7, 11) is 0. The molecule has 0 unspecified atom stereocenters. The monoisotopic (exact) mass is 106 g/mol. The van der Waals surface area contributed by atoms with Gasteiger partial charge in [0.15, 0.2) is 0 Å². The van der Waals surface area contributed by atoms with Gasteiger partial charge < -0.3 is 6.22 Å². The third kappa shape index (κ3) is 9.38. The Hall–Kier alpha value is 0.00740. The summed E-state index contributed by atoms with van der Waals surface area (Å²) in [6, 6.07) is 0. The molecule has 0 heterocycles. The molecule has 0 N–H and O–H groups in total. The Morgan fingerprint density at radius 3 is 2.50 bits per heavy atom. The summed E-state index contributed by atoms with van der Waals surface area (Å²) < 4.78 is 0. The normalized spacial score (nSPS) is 8.62. The van der Waals surface area contributed by atoms with E-state index >= 15 is 0 Å². The second kappa shape index (κ2) is 10.1. The fraction of sp³-hybridized carbons (Fsp3) is 0.500. The van der Waals surface area contributed by atoms with Gasteiger partial charge in [-0.25, -0.2) is 0 Å². The summed E-state index contributed by atoms with van der Waals surface area (Å²) in [6.07, 6.45) is 6.33. The van der Waals surface area contributed by atoms with Crippen molar-refractivity contribution in [2.24, 2.45) is 0 Å². The van der Waals surface area contributed by atoms with Gasteiger partial charge in [0.2, 0.25) is 0 Å². The van der Waals surface area contributed by atoms with Gasteiger partial charge in [0.1, 0.15) is 6.29 Å². The summed E-state index contributed by atoms with van der Waals surface area (Å²) in [5, 5.41) is 0. The fourth-order valence-corrected chi connectivity index (χ4v) is 0.318. The van der Waals surface area contributed by atoms with E-state index in [2.05, 4.69) is 0 Å².